The Morgan fingerprint density at radius 1 is 0.279 bits per heavy atom. The molecule has 4 atom stereocenters. The van der Waals surface area contributed by atoms with Gasteiger partial charge in [-0.2, -0.15) is 0 Å². The molecule has 3 unspecified atom stereocenters. The van der Waals surface area contributed by atoms with Crippen LogP contribution >= 0.6 is 0 Å². The Morgan fingerprint density at radius 2 is 0.471 bits per heavy atom. The normalized spacial score (nSPS) is 13.3. The molecule has 0 spiro atoms. The topological polar surface area (TPSA) is 78.9 Å². The predicted molar refractivity (Wildman–Crippen MR) is 293 cm³/mol. The lowest BCUT2D eigenvalue weighted by Gasteiger charge is -2.18. The molecule has 0 fully saturated rings. The van der Waals surface area contributed by atoms with Gasteiger partial charge < -0.3 is 14.2 Å². The van der Waals surface area contributed by atoms with Gasteiger partial charge in [0, 0.05) is 19.3 Å². The molecule has 404 valence electrons. The van der Waals surface area contributed by atoms with Crippen LogP contribution in [0.5, 0.6) is 0 Å². The van der Waals surface area contributed by atoms with Gasteiger partial charge in [-0.3, -0.25) is 14.4 Å². The molecule has 0 aliphatic heterocycles. The summed E-state index contributed by atoms with van der Waals surface area (Å²) < 4.78 is 16.9. The molecule has 6 nitrogen and oxygen atoms in total. The fraction of sp³-hybridized carbons (Fsp3) is 0.952. The second kappa shape index (κ2) is 53.2. The molecule has 0 saturated carbocycles. The SMILES string of the molecule is CCC(C)CCCCCCCCCCCCCCCCCCCCC(=O)OC[C@H](COC(=O)CCCCCCCCCCCCC(C)CC)OC(=O)CCCCCCCCCCCCC(C)CC. The molecular weight excluding hydrogens is 841 g/mol. The van der Waals surface area contributed by atoms with Crippen molar-refractivity contribution in [1.29, 1.82) is 0 Å². The summed E-state index contributed by atoms with van der Waals surface area (Å²) in [6, 6.07) is 0. The van der Waals surface area contributed by atoms with Crippen LogP contribution in [0.15, 0.2) is 0 Å². The predicted octanol–water partition coefficient (Wildman–Crippen LogP) is 20.3. The van der Waals surface area contributed by atoms with Crippen molar-refractivity contribution < 1.29 is 28.6 Å². The standard InChI is InChI=1S/C62H120O6/c1-7-56(4)48-42-36-30-24-18-16-14-12-10-11-13-15-17-19-27-33-39-45-51-60(63)66-54-59(68-62(65)53-47-41-35-29-23-21-26-32-38-44-50-58(6)9-3)55-67-61(64)52-46-40-34-28-22-20-25-31-37-43-49-57(5)8-2/h56-59H,7-55H2,1-6H3/t56?,57?,58?,59-/m1/s1. The van der Waals surface area contributed by atoms with Crippen molar-refractivity contribution in [3.05, 3.63) is 0 Å². The van der Waals surface area contributed by atoms with E-state index in [9.17, 15) is 14.4 Å². The summed E-state index contributed by atoms with van der Waals surface area (Å²) in [7, 11) is 0. The van der Waals surface area contributed by atoms with E-state index in [2.05, 4.69) is 41.5 Å². The van der Waals surface area contributed by atoms with Gasteiger partial charge in [0.15, 0.2) is 6.10 Å². The van der Waals surface area contributed by atoms with Crippen LogP contribution in [-0.4, -0.2) is 37.2 Å². The van der Waals surface area contributed by atoms with Gasteiger partial charge >= 0.3 is 17.9 Å². The van der Waals surface area contributed by atoms with Crippen molar-refractivity contribution >= 4 is 17.9 Å². The summed E-state index contributed by atoms with van der Waals surface area (Å²) in [5, 5.41) is 0. The number of carbonyl (C=O) groups is 3. The molecule has 0 aliphatic rings. The zero-order valence-electron chi connectivity index (χ0n) is 46.9. The molecule has 0 saturated heterocycles. The lowest BCUT2D eigenvalue weighted by Crippen LogP contribution is -2.30. The summed E-state index contributed by atoms with van der Waals surface area (Å²) in [5.74, 6) is 1.81. The van der Waals surface area contributed by atoms with E-state index in [0.717, 1.165) is 75.5 Å². The quantitative estimate of drug-likeness (QED) is 0.0343. The second-order valence-corrected chi connectivity index (χ2v) is 22.1. The molecule has 0 aliphatic carbocycles. The molecule has 0 aromatic rings. The van der Waals surface area contributed by atoms with Crippen molar-refractivity contribution in [2.75, 3.05) is 13.2 Å². The molecule has 6 heteroatoms. The van der Waals surface area contributed by atoms with E-state index < -0.39 is 6.10 Å². The number of ether oxygens (including phenoxy) is 3. The number of hydrogen-bond donors (Lipinski definition) is 0. The highest BCUT2D eigenvalue weighted by Gasteiger charge is 2.19. The Labute approximate surface area is 425 Å². The van der Waals surface area contributed by atoms with E-state index >= 15 is 0 Å². The molecule has 0 aromatic carbocycles. The number of unbranched alkanes of at least 4 members (excludes halogenated alkanes) is 35. The lowest BCUT2D eigenvalue weighted by molar-refractivity contribution is -0.167. The zero-order valence-corrected chi connectivity index (χ0v) is 46.9. The van der Waals surface area contributed by atoms with Gasteiger partial charge in [-0.05, 0) is 37.0 Å². The first-order valence-corrected chi connectivity index (χ1v) is 30.7. The number of rotatable bonds is 55. The first-order chi connectivity index (χ1) is 33.2. The van der Waals surface area contributed by atoms with Crippen LogP contribution in [0.4, 0.5) is 0 Å². The maximum absolute atomic E-state index is 12.9. The first-order valence-electron chi connectivity index (χ1n) is 30.7. The van der Waals surface area contributed by atoms with Gasteiger partial charge in [-0.1, -0.05) is 305 Å². The molecule has 0 aromatic heterocycles. The van der Waals surface area contributed by atoms with Crippen molar-refractivity contribution in [2.24, 2.45) is 17.8 Å². The van der Waals surface area contributed by atoms with Crippen LogP contribution in [0, 0.1) is 17.8 Å². The van der Waals surface area contributed by atoms with E-state index in [1.165, 1.54) is 225 Å². The summed E-state index contributed by atoms with van der Waals surface area (Å²) in [4.78, 5) is 38.2. The molecular formula is C62H120O6. The van der Waals surface area contributed by atoms with E-state index in [1.807, 2.05) is 0 Å². The van der Waals surface area contributed by atoms with E-state index in [4.69, 9.17) is 14.2 Å². The van der Waals surface area contributed by atoms with Crippen molar-refractivity contribution in [1.82, 2.24) is 0 Å². The Kier molecular flexibility index (Phi) is 52.0. The summed E-state index contributed by atoms with van der Waals surface area (Å²) >= 11 is 0. The average molecular weight is 962 g/mol. The average Bonchev–Trinajstić information content (AvgIpc) is 3.34. The maximum Gasteiger partial charge on any atom is 0.306 e. The lowest BCUT2D eigenvalue weighted by atomic mass is 9.99. The van der Waals surface area contributed by atoms with Crippen LogP contribution < -0.4 is 0 Å². The largest absolute Gasteiger partial charge is 0.462 e. The van der Waals surface area contributed by atoms with Crippen LogP contribution in [0.2, 0.25) is 0 Å². The highest BCUT2D eigenvalue weighted by molar-refractivity contribution is 5.71. The third-order valence-electron chi connectivity index (χ3n) is 15.2. The molecule has 68 heavy (non-hydrogen) atoms. The molecule has 0 rings (SSSR count). The molecule has 0 bridgehead atoms. The van der Waals surface area contributed by atoms with E-state index in [-0.39, 0.29) is 31.1 Å². The minimum Gasteiger partial charge on any atom is -0.462 e. The smallest absolute Gasteiger partial charge is 0.306 e. The Balaban J connectivity index is 4.25. The summed E-state index contributed by atoms with van der Waals surface area (Å²) in [5.41, 5.74) is 0. The van der Waals surface area contributed by atoms with Gasteiger partial charge in [0.1, 0.15) is 13.2 Å². The monoisotopic (exact) mass is 961 g/mol. The fourth-order valence-corrected chi connectivity index (χ4v) is 9.43. The van der Waals surface area contributed by atoms with Gasteiger partial charge in [0.25, 0.3) is 0 Å². The Bertz CT molecular complexity index is 1060. The Hall–Kier alpha value is -1.59. The molecule has 0 N–H and O–H groups in total. The van der Waals surface area contributed by atoms with Crippen LogP contribution in [-0.2, 0) is 28.6 Å². The molecule has 0 amide bonds. The van der Waals surface area contributed by atoms with Crippen LogP contribution in [0.3, 0.4) is 0 Å². The summed E-state index contributed by atoms with van der Waals surface area (Å²) in [6.07, 6.45) is 56.5. The highest BCUT2D eigenvalue weighted by atomic mass is 16.6. The number of carbonyl (C=O) groups excluding carboxylic acids is 3. The van der Waals surface area contributed by atoms with E-state index in [1.54, 1.807) is 0 Å². The summed E-state index contributed by atoms with van der Waals surface area (Å²) in [6.45, 7) is 13.9. The van der Waals surface area contributed by atoms with Crippen LogP contribution in [0.1, 0.15) is 343 Å². The molecule has 0 heterocycles. The van der Waals surface area contributed by atoms with Crippen LogP contribution in [0.25, 0.3) is 0 Å². The maximum atomic E-state index is 12.9. The van der Waals surface area contributed by atoms with Gasteiger partial charge in [-0.15, -0.1) is 0 Å². The van der Waals surface area contributed by atoms with Crippen molar-refractivity contribution in [2.45, 2.75) is 349 Å². The van der Waals surface area contributed by atoms with Gasteiger partial charge in [0.05, 0.1) is 0 Å². The minimum absolute atomic E-state index is 0.0634. The van der Waals surface area contributed by atoms with Crippen molar-refractivity contribution in [3.63, 3.8) is 0 Å². The Morgan fingerprint density at radius 3 is 0.691 bits per heavy atom. The molecule has 0 radical (unpaired) electrons. The number of esters is 3. The fourth-order valence-electron chi connectivity index (χ4n) is 9.43. The van der Waals surface area contributed by atoms with Crippen molar-refractivity contribution in [3.8, 4) is 0 Å². The van der Waals surface area contributed by atoms with Gasteiger partial charge in [0.2, 0.25) is 0 Å². The minimum atomic E-state index is -0.764. The van der Waals surface area contributed by atoms with Gasteiger partial charge in [-0.25, -0.2) is 0 Å². The third kappa shape index (κ3) is 50.8. The third-order valence-corrected chi connectivity index (χ3v) is 15.2. The first kappa shape index (κ1) is 66.4. The van der Waals surface area contributed by atoms with E-state index in [0.29, 0.717) is 19.3 Å². The number of hydrogen-bond acceptors (Lipinski definition) is 6. The zero-order chi connectivity index (χ0) is 49.8. The highest BCUT2D eigenvalue weighted by Crippen LogP contribution is 2.20. The second-order valence-electron chi connectivity index (χ2n) is 22.1.